The van der Waals surface area contributed by atoms with Crippen LogP contribution >= 0.6 is 0 Å². The van der Waals surface area contributed by atoms with Gasteiger partial charge >= 0.3 is 5.97 Å². The molecule has 0 bridgehead atoms. The highest BCUT2D eigenvalue weighted by molar-refractivity contribution is 5.94. The number of hydrogen-bond donors (Lipinski definition) is 2. The number of rotatable bonds is 5. The standard InChI is InChI=1S/C20H22F2N2O2/c1-5-9-24-11-14(20(25)26)18(17(22)19(24)13(4)6-2)23-16-8-7-12(3)10-15(16)21/h5,7-11,23H,6H2,1-4H3,(H,25,26)/b9-5-,19-13?. The third kappa shape index (κ3) is 3.85. The van der Waals surface area contributed by atoms with Crippen molar-refractivity contribution in [2.24, 2.45) is 0 Å². The van der Waals surface area contributed by atoms with Gasteiger partial charge in [-0.2, -0.15) is 0 Å². The smallest absolute Gasteiger partial charge is 0.339 e. The number of halogens is 2. The van der Waals surface area contributed by atoms with Gasteiger partial charge in [-0.3, -0.25) is 0 Å². The molecule has 2 rings (SSSR count). The van der Waals surface area contributed by atoms with Crippen LogP contribution in [0.2, 0.25) is 0 Å². The van der Waals surface area contributed by atoms with E-state index in [1.54, 1.807) is 39.1 Å². The molecule has 0 atom stereocenters. The van der Waals surface area contributed by atoms with Crippen molar-refractivity contribution in [3.8, 4) is 0 Å². The van der Waals surface area contributed by atoms with Crippen molar-refractivity contribution in [1.82, 2.24) is 4.90 Å². The first-order valence-corrected chi connectivity index (χ1v) is 8.29. The van der Waals surface area contributed by atoms with Crippen molar-refractivity contribution in [2.45, 2.75) is 34.1 Å². The zero-order valence-electron chi connectivity index (χ0n) is 15.2. The van der Waals surface area contributed by atoms with E-state index in [9.17, 15) is 14.3 Å². The molecule has 0 aliphatic carbocycles. The van der Waals surface area contributed by atoms with E-state index in [1.807, 2.05) is 6.92 Å². The van der Waals surface area contributed by atoms with Gasteiger partial charge in [0.25, 0.3) is 0 Å². The SMILES string of the molecule is C/C=C\N1C=C(C(=O)O)C(Nc2ccc(C)cc2F)=C(F)C1=C(C)CC. The van der Waals surface area contributed by atoms with Crippen LogP contribution in [0.25, 0.3) is 0 Å². The molecule has 0 aromatic heterocycles. The van der Waals surface area contributed by atoms with Crippen molar-refractivity contribution in [3.63, 3.8) is 0 Å². The van der Waals surface area contributed by atoms with Crippen molar-refractivity contribution in [2.75, 3.05) is 5.32 Å². The zero-order valence-corrected chi connectivity index (χ0v) is 15.2. The molecular weight excluding hydrogens is 338 g/mol. The van der Waals surface area contributed by atoms with E-state index >= 15 is 4.39 Å². The summed E-state index contributed by atoms with van der Waals surface area (Å²) in [5, 5.41) is 12.1. The normalized spacial score (nSPS) is 16.8. The molecule has 0 saturated carbocycles. The number of carboxylic acid groups (broad SMARTS) is 1. The van der Waals surface area contributed by atoms with E-state index in [4.69, 9.17) is 0 Å². The summed E-state index contributed by atoms with van der Waals surface area (Å²) in [6, 6.07) is 4.42. The molecule has 0 fully saturated rings. The van der Waals surface area contributed by atoms with Crippen LogP contribution in [0.15, 0.2) is 65.0 Å². The van der Waals surface area contributed by atoms with E-state index in [-0.39, 0.29) is 22.7 Å². The molecule has 4 nitrogen and oxygen atoms in total. The third-order valence-electron chi connectivity index (χ3n) is 4.08. The predicted octanol–water partition coefficient (Wildman–Crippen LogP) is 5.23. The minimum Gasteiger partial charge on any atom is -0.478 e. The van der Waals surface area contributed by atoms with Crippen LogP contribution in [0.4, 0.5) is 14.5 Å². The number of nitrogens with zero attached hydrogens (tertiary/aromatic N) is 1. The summed E-state index contributed by atoms with van der Waals surface area (Å²) < 4.78 is 29.5. The molecule has 0 spiro atoms. The molecule has 2 N–H and O–H groups in total. The second kappa shape index (κ2) is 7.99. The maximum absolute atomic E-state index is 15.3. The Kier molecular flexibility index (Phi) is 5.97. The number of hydrogen-bond acceptors (Lipinski definition) is 3. The average molecular weight is 360 g/mol. The Morgan fingerprint density at radius 3 is 2.58 bits per heavy atom. The number of allylic oxidation sites excluding steroid dienone is 3. The van der Waals surface area contributed by atoms with Crippen LogP contribution in [0, 0.1) is 12.7 Å². The fourth-order valence-corrected chi connectivity index (χ4v) is 2.61. The first kappa shape index (κ1) is 19.4. The van der Waals surface area contributed by atoms with E-state index in [1.165, 1.54) is 23.2 Å². The molecule has 1 heterocycles. The predicted molar refractivity (Wildman–Crippen MR) is 98.3 cm³/mol. The molecule has 0 amide bonds. The second-order valence-electron chi connectivity index (χ2n) is 6.02. The topological polar surface area (TPSA) is 52.6 Å². The van der Waals surface area contributed by atoms with E-state index in [0.29, 0.717) is 12.0 Å². The highest BCUT2D eigenvalue weighted by Gasteiger charge is 2.30. The van der Waals surface area contributed by atoms with Crippen molar-refractivity contribution in [1.29, 1.82) is 0 Å². The number of anilines is 1. The molecule has 26 heavy (non-hydrogen) atoms. The number of carboxylic acids is 1. The van der Waals surface area contributed by atoms with Crippen LogP contribution < -0.4 is 5.32 Å². The summed E-state index contributed by atoms with van der Waals surface area (Å²) in [5.74, 6) is -2.62. The van der Waals surface area contributed by atoms with Crippen molar-refractivity contribution in [3.05, 3.63) is 76.4 Å². The summed E-state index contributed by atoms with van der Waals surface area (Å²) in [7, 11) is 0. The summed E-state index contributed by atoms with van der Waals surface area (Å²) in [5.41, 5.74) is 1.18. The van der Waals surface area contributed by atoms with Gasteiger partial charge in [0.05, 0.1) is 17.1 Å². The number of benzene rings is 1. The van der Waals surface area contributed by atoms with Gasteiger partial charge in [0.15, 0.2) is 5.83 Å². The van der Waals surface area contributed by atoms with Crippen LogP contribution in [0.1, 0.15) is 32.8 Å². The zero-order chi connectivity index (χ0) is 19.4. The van der Waals surface area contributed by atoms with Gasteiger partial charge in [-0.25, -0.2) is 13.6 Å². The maximum atomic E-state index is 15.3. The van der Waals surface area contributed by atoms with Crippen LogP contribution in [0.5, 0.6) is 0 Å². The fraction of sp³-hybridized carbons (Fsp3) is 0.250. The Morgan fingerprint density at radius 1 is 1.35 bits per heavy atom. The molecule has 0 unspecified atom stereocenters. The van der Waals surface area contributed by atoms with Gasteiger partial charge in [-0.1, -0.05) is 19.1 Å². The Bertz CT molecular complexity index is 851. The van der Waals surface area contributed by atoms with Crippen molar-refractivity contribution < 1.29 is 18.7 Å². The average Bonchev–Trinajstić information content (AvgIpc) is 2.58. The Hall–Kier alpha value is -2.89. The van der Waals surface area contributed by atoms with Gasteiger partial charge in [0.1, 0.15) is 11.4 Å². The Labute approximate surface area is 151 Å². The Balaban J connectivity index is 2.63. The summed E-state index contributed by atoms with van der Waals surface area (Å²) >= 11 is 0. The van der Waals surface area contributed by atoms with E-state index < -0.39 is 17.6 Å². The molecule has 1 aliphatic heterocycles. The van der Waals surface area contributed by atoms with Crippen LogP contribution in [-0.2, 0) is 4.79 Å². The fourth-order valence-electron chi connectivity index (χ4n) is 2.61. The first-order valence-electron chi connectivity index (χ1n) is 8.29. The molecule has 0 radical (unpaired) electrons. The highest BCUT2D eigenvalue weighted by Crippen LogP contribution is 2.35. The third-order valence-corrected chi connectivity index (χ3v) is 4.08. The maximum Gasteiger partial charge on any atom is 0.339 e. The molecule has 1 aromatic carbocycles. The lowest BCUT2D eigenvalue weighted by Gasteiger charge is -2.28. The second-order valence-corrected chi connectivity index (χ2v) is 6.02. The monoisotopic (exact) mass is 360 g/mol. The molecule has 0 saturated heterocycles. The van der Waals surface area contributed by atoms with Gasteiger partial charge in [-0.05, 0) is 50.5 Å². The molecule has 6 heteroatoms. The lowest BCUT2D eigenvalue weighted by molar-refractivity contribution is -0.132. The minimum absolute atomic E-state index is 0.0147. The minimum atomic E-state index is -1.31. The van der Waals surface area contributed by atoms with Crippen LogP contribution in [0.3, 0.4) is 0 Å². The summed E-state index contributed by atoms with van der Waals surface area (Å²) in [6.07, 6.45) is 5.18. The number of nitrogens with one attached hydrogen (secondary N) is 1. The van der Waals surface area contributed by atoms with Crippen molar-refractivity contribution >= 4 is 11.7 Å². The molecule has 1 aliphatic rings. The van der Waals surface area contributed by atoms with Gasteiger partial charge in [0.2, 0.25) is 0 Å². The molecule has 1 aromatic rings. The number of carbonyl (C=O) groups is 1. The largest absolute Gasteiger partial charge is 0.478 e. The molecular formula is C20H22F2N2O2. The number of aryl methyl sites for hydroxylation is 1. The van der Waals surface area contributed by atoms with E-state index in [0.717, 1.165) is 5.57 Å². The number of aliphatic carboxylic acids is 1. The van der Waals surface area contributed by atoms with Gasteiger partial charge in [0, 0.05) is 12.4 Å². The summed E-state index contributed by atoms with van der Waals surface area (Å²) in [4.78, 5) is 13.1. The summed E-state index contributed by atoms with van der Waals surface area (Å²) in [6.45, 7) is 7.14. The molecule has 138 valence electrons. The highest BCUT2D eigenvalue weighted by atomic mass is 19.1. The lowest BCUT2D eigenvalue weighted by atomic mass is 10.0. The first-order chi connectivity index (χ1) is 12.3. The van der Waals surface area contributed by atoms with Gasteiger partial charge < -0.3 is 15.3 Å². The van der Waals surface area contributed by atoms with E-state index in [2.05, 4.69) is 5.32 Å². The lowest BCUT2D eigenvalue weighted by Crippen LogP contribution is -2.25. The van der Waals surface area contributed by atoms with Gasteiger partial charge in [-0.15, -0.1) is 0 Å². The van der Waals surface area contributed by atoms with Crippen LogP contribution in [-0.4, -0.2) is 16.0 Å². The quantitative estimate of drug-likeness (QED) is 0.755. The Morgan fingerprint density at radius 2 is 2.04 bits per heavy atom.